The minimum atomic E-state index is 0.657. The number of aromatic nitrogens is 1. The number of hydrogen-bond acceptors (Lipinski definition) is 2. The quantitative estimate of drug-likeness (QED) is 0.436. The molecular formula is C29H39N3. The normalized spacial score (nSPS) is 15.7. The molecule has 0 radical (unpaired) electrons. The van der Waals surface area contributed by atoms with E-state index in [-0.39, 0.29) is 0 Å². The monoisotopic (exact) mass is 429 g/mol. The van der Waals surface area contributed by atoms with Crippen molar-refractivity contribution in [1.82, 2.24) is 14.4 Å². The molecule has 0 atom stereocenters. The van der Waals surface area contributed by atoms with Crippen LogP contribution in [0.4, 0.5) is 0 Å². The Balaban J connectivity index is 1.51. The predicted molar refractivity (Wildman–Crippen MR) is 138 cm³/mol. The number of allylic oxidation sites excluding steroid dienone is 1. The summed E-state index contributed by atoms with van der Waals surface area (Å²) in [6.07, 6.45) is 1.98. The first kappa shape index (κ1) is 22.8. The second-order valence-electron chi connectivity index (χ2n) is 9.53. The maximum atomic E-state index is 4.18. The lowest BCUT2D eigenvalue weighted by Crippen LogP contribution is -2.49. The van der Waals surface area contributed by atoms with E-state index in [2.05, 4.69) is 97.2 Å². The smallest absolute Gasteiger partial charge is 0.0485 e. The van der Waals surface area contributed by atoms with Crippen LogP contribution < -0.4 is 0 Å². The first-order valence-electron chi connectivity index (χ1n) is 12.3. The van der Waals surface area contributed by atoms with E-state index >= 15 is 0 Å². The third kappa shape index (κ3) is 4.84. The minimum Gasteiger partial charge on any atom is -0.343 e. The fourth-order valence-corrected chi connectivity index (χ4v) is 5.03. The van der Waals surface area contributed by atoms with Gasteiger partial charge in [-0.25, -0.2) is 0 Å². The lowest BCUT2D eigenvalue weighted by atomic mass is 9.98. The third-order valence-electron chi connectivity index (χ3n) is 7.31. The van der Waals surface area contributed by atoms with Gasteiger partial charge in [-0.3, -0.25) is 9.80 Å². The molecule has 2 aromatic carbocycles. The Kier molecular flexibility index (Phi) is 7.17. The van der Waals surface area contributed by atoms with Crippen LogP contribution in [0.2, 0.25) is 0 Å². The summed E-state index contributed by atoms with van der Waals surface area (Å²) in [5, 5.41) is 1.40. The number of para-hydroxylation sites is 1. The molecule has 0 unspecified atom stereocenters. The van der Waals surface area contributed by atoms with Crippen molar-refractivity contribution in [1.29, 1.82) is 0 Å². The Labute approximate surface area is 194 Å². The molecule has 32 heavy (non-hydrogen) atoms. The van der Waals surface area contributed by atoms with E-state index in [9.17, 15) is 0 Å². The Morgan fingerprint density at radius 1 is 0.938 bits per heavy atom. The van der Waals surface area contributed by atoms with Gasteiger partial charge in [0.1, 0.15) is 0 Å². The Hall–Kier alpha value is -2.36. The zero-order valence-electron chi connectivity index (χ0n) is 20.4. The average molecular weight is 430 g/mol. The van der Waals surface area contributed by atoms with Crippen LogP contribution in [-0.2, 0) is 13.0 Å². The molecule has 1 aromatic heterocycles. The molecule has 1 aliphatic rings. The van der Waals surface area contributed by atoms with Gasteiger partial charge in [0.05, 0.1) is 0 Å². The highest BCUT2D eigenvalue weighted by atomic mass is 15.3. The Morgan fingerprint density at radius 2 is 1.62 bits per heavy atom. The Morgan fingerprint density at radius 3 is 2.28 bits per heavy atom. The molecule has 1 saturated heterocycles. The largest absolute Gasteiger partial charge is 0.343 e. The van der Waals surface area contributed by atoms with Crippen molar-refractivity contribution in [2.24, 2.45) is 0 Å². The van der Waals surface area contributed by atoms with Crippen molar-refractivity contribution in [3.05, 3.63) is 77.5 Å². The second kappa shape index (κ2) is 10.1. The van der Waals surface area contributed by atoms with E-state index in [4.69, 9.17) is 0 Å². The van der Waals surface area contributed by atoms with Gasteiger partial charge >= 0.3 is 0 Å². The highest BCUT2D eigenvalue weighted by Crippen LogP contribution is 2.29. The predicted octanol–water partition coefficient (Wildman–Crippen LogP) is 5.99. The summed E-state index contributed by atoms with van der Waals surface area (Å²) >= 11 is 0. The molecule has 3 heteroatoms. The van der Waals surface area contributed by atoms with Gasteiger partial charge in [0, 0.05) is 61.9 Å². The number of hydrogen-bond donors (Lipinski definition) is 0. The molecule has 2 heterocycles. The summed E-state index contributed by atoms with van der Waals surface area (Å²) in [7, 11) is 0. The van der Waals surface area contributed by atoms with Crippen molar-refractivity contribution in [3.63, 3.8) is 0 Å². The molecule has 0 amide bonds. The SMILES string of the molecule is C=C(CC)c1ccc(Cc2c(C)n(CCN3CCN(C(C)C)CC3)c3ccccc23)cc1. The third-order valence-corrected chi connectivity index (χ3v) is 7.31. The highest BCUT2D eigenvalue weighted by molar-refractivity contribution is 5.86. The van der Waals surface area contributed by atoms with Crippen LogP contribution in [-0.4, -0.2) is 53.1 Å². The lowest BCUT2D eigenvalue weighted by Gasteiger charge is -2.37. The molecule has 0 N–H and O–H groups in total. The number of rotatable bonds is 8. The van der Waals surface area contributed by atoms with Crippen LogP contribution in [0.5, 0.6) is 0 Å². The fourth-order valence-electron chi connectivity index (χ4n) is 5.03. The van der Waals surface area contributed by atoms with Gasteiger partial charge in [-0.1, -0.05) is 56.0 Å². The van der Waals surface area contributed by atoms with Crippen LogP contribution in [0.1, 0.15) is 49.6 Å². The van der Waals surface area contributed by atoms with Gasteiger partial charge < -0.3 is 4.57 Å². The van der Waals surface area contributed by atoms with Gasteiger partial charge in [-0.15, -0.1) is 0 Å². The maximum Gasteiger partial charge on any atom is 0.0485 e. The lowest BCUT2D eigenvalue weighted by molar-refractivity contribution is 0.106. The van der Waals surface area contributed by atoms with Gasteiger partial charge in [0.15, 0.2) is 0 Å². The molecule has 3 aromatic rings. The van der Waals surface area contributed by atoms with Crippen LogP contribution in [0.15, 0.2) is 55.1 Å². The van der Waals surface area contributed by atoms with Crippen molar-refractivity contribution >= 4 is 16.5 Å². The molecule has 0 saturated carbocycles. The van der Waals surface area contributed by atoms with E-state index in [0.717, 1.165) is 25.9 Å². The topological polar surface area (TPSA) is 11.4 Å². The molecule has 4 rings (SSSR count). The van der Waals surface area contributed by atoms with Crippen molar-refractivity contribution < 1.29 is 0 Å². The van der Waals surface area contributed by atoms with Crippen LogP contribution in [0.3, 0.4) is 0 Å². The molecule has 0 spiro atoms. The summed E-state index contributed by atoms with van der Waals surface area (Å²) in [5.74, 6) is 0. The fraction of sp³-hybridized carbons (Fsp3) is 0.448. The highest BCUT2D eigenvalue weighted by Gasteiger charge is 2.20. The van der Waals surface area contributed by atoms with Gasteiger partial charge in [0.25, 0.3) is 0 Å². The maximum absolute atomic E-state index is 4.18. The number of nitrogens with zero attached hydrogens (tertiary/aromatic N) is 3. The first-order valence-corrected chi connectivity index (χ1v) is 12.3. The zero-order chi connectivity index (χ0) is 22.7. The number of fused-ring (bicyclic) bond motifs is 1. The number of benzene rings is 2. The minimum absolute atomic E-state index is 0.657. The Bertz CT molecular complexity index is 1050. The van der Waals surface area contributed by atoms with Crippen molar-refractivity contribution in [2.45, 2.75) is 53.1 Å². The number of piperazine rings is 1. The summed E-state index contributed by atoms with van der Waals surface area (Å²) < 4.78 is 2.55. The van der Waals surface area contributed by atoms with Gasteiger partial charge in [-0.05, 0) is 61.9 Å². The molecule has 0 aliphatic carbocycles. The molecule has 0 bridgehead atoms. The standard InChI is InChI=1S/C29H39N3/c1-6-23(4)26-13-11-25(12-14-26)21-28-24(5)32(29-10-8-7-9-27(28)29)20-17-30-15-18-31(19-16-30)22(2)3/h7-14,22H,4,6,15-21H2,1-3,5H3. The first-order chi connectivity index (χ1) is 15.5. The zero-order valence-corrected chi connectivity index (χ0v) is 20.4. The van der Waals surface area contributed by atoms with Crippen LogP contribution >= 0.6 is 0 Å². The van der Waals surface area contributed by atoms with E-state index in [1.807, 2.05) is 0 Å². The second-order valence-corrected chi connectivity index (χ2v) is 9.53. The summed E-state index contributed by atoms with van der Waals surface area (Å²) in [6, 6.07) is 18.6. The average Bonchev–Trinajstić information content (AvgIpc) is 3.08. The molecular weight excluding hydrogens is 390 g/mol. The van der Waals surface area contributed by atoms with E-state index in [1.165, 1.54) is 65.0 Å². The summed E-state index contributed by atoms with van der Waals surface area (Å²) in [5.41, 5.74) is 8.08. The van der Waals surface area contributed by atoms with E-state index < -0.39 is 0 Å². The van der Waals surface area contributed by atoms with E-state index in [1.54, 1.807) is 0 Å². The van der Waals surface area contributed by atoms with Crippen molar-refractivity contribution in [2.75, 3.05) is 32.7 Å². The van der Waals surface area contributed by atoms with Crippen LogP contribution in [0.25, 0.3) is 16.5 Å². The molecule has 170 valence electrons. The molecule has 1 fully saturated rings. The van der Waals surface area contributed by atoms with E-state index in [0.29, 0.717) is 6.04 Å². The molecule has 3 nitrogen and oxygen atoms in total. The van der Waals surface area contributed by atoms with Crippen LogP contribution in [0, 0.1) is 6.92 Å². The van der Waals surface area contributed by atoms with Gasteiger partial charge in [-0.2, -0.15) is 0 Å². The summed E-state index contributed by atoms with van der Waals surface area (Å²) in [4.78, 5) is 5.22. The molecule has 1 aliphatic heterocycles. The summed E-state index contributed by atoms with van der Waals surface area (Å²) in [6.45, 7) is 20.2. The van der Waals surface area contributed by atoms with Crippen molar-refractivity contribution in [3.8, 4) is 0 Å². The van der Waals surface area contributed by atoms with Gasteiger partial charge in [0.2, 0.25) is 0 Å².